The van der Waals surface area contributed by atoms with Crippen molar-refractivity contribution in [2.24, 2.45) is 0 Å². The van der Waals surface area contributed by atoms with Gasteiger partial charge in [0.2, 0.25) is 0 Å². The quantitative estimate of drug-likeness (QED) is 0.488. The number of anilines is 1. The first-order valence-corrected chi connectivity index (χ1v) is 6.90. The maximum atomic E-state index is 11.8. The van der Waals surface area contributed by atoms with Gasteiger partial charge >= 0.3 is 12.0 Å². The van der Waals surface area contributed by atoms with E-state index in [9.17, 15) is 19.2 Å². The van der Waals surface area contributed by atoms with E-state index in [-0.39, 0.29) is 18.7 Å². The maximum absolute atomic E-state index is 11.8. The van der Waals surface area contributed by atoms with Crippen molar-refractivity contribution in [1.29, 1.82) is 0 Å². The molecule has 1 aromatic heterocycles. The molecule has 0 spiro atoms. The van der Waals surface area contributed by atoms with Gasteiger partial charge in [-0.25, -0.2) is 4.79 Å². The fourth-order valence-corrected chi connectivity index (χ4v) is 1.89. The molecule has 1 saturated heterocycles. The Morgan fingerprint density at radius 2 is 2.22 bits per heavy atom. The summed E-state index contributed by atoms with van der Waals surface area (Å²) in [6.45, 7) is 3.08. The number of esters is 1. The molecule has 23 heavy (non-hydrogen) atoms. The van der Waals surface area contributed by atoms with E-state index in [2.05, 4.69) is 21.1 Å². The Balaban J connectivity index is 1.74. The van der Waals surface area contributed by atoms with Gasteiger partial charge in [0.25, 0.3) is 11.8 Å². The Labute approximate surface area is 130 Å². The number of ether oxygens (including phenoxy) is 1. The van der Waals surface area contributed by atoms with Crippen molar-refractivity contribution in [2.75, 3.05) is 5.32 Å². The summed E-state index contributed by atoms with van der Waals surface area (Å²) >= 11 is 0. The lowest BCUT2D eigenvalue weighted by molar-refractivity contribution is -0.153. The molecule has 1 fully saturated rings. The van der Waals surface area contributed by atoms with E-state index < -0.39 is 36.0 Å². The second-order valence-corrected chi connectivity index (χ2v) is 5.00. The molecule has 0 aliphatic carbocycles. The molecular formula is C13H16N4O6. The SMILES string of the molecule is Cc1cc(NC(=O)[C@H](C)OC(=O)CC[C@H]2NC(=O)NC2=O)no1. The molecule has 1 aromatic rings. The maximum Gasteiger partial charge on any atom is 0.322 e. The van der Waals surface area contributed by atoms with Crippen molar-refractivity contribution in [3.8, 4) is 0 Å². The standard InChI is InChI=1S/C13H16N4O6/c1-6-5-9(17-23-6)15-11(19)7(2)22-10(18)4-3-8-12(20)16-13(21)14-8/h5,7-8H,3-4H2,1-2H3,(H,15,17,19)(H2,14,16,20,21)/t7-,8+/m0/s1. The third-order valence-electron chi connectivity index (χ3n) is 3.05. The van der Waals surface area contributed by atoms with Crippen molar-refractivity contribution in [3.05, 3.63) is 11.8 Å². The summed E-state index contributed by atoms with van der Waals surface area (Å²) < 4.78 is 9.75. The first-order chi connectivity index (χ1) is 10.8. The summed E-state index contributed by atoms with van der Waals surface area (Å²) in [5.41, 5.74) is 0. The van der Waals surface area contributed by atoms with E-state index in [1.54, 1.807) is 6.92 Å². The average Bonchev–Trinajstić information content (AvgIpc) is 3.01. The van der Waals surface area contributed by atoms with Gasteiger partial charge in [-0.2, -0.15) is 0 Å². The summed E-state index contributed by atoms with van der Waals surface area (Å²) in [5.74, 6) is -0.950. The summed E-state index contributed by atoms with van der Waals surface area (Å²) in [6, 6.07) is 0.162. The molecule has 0 saturated carbocycles. The van der Waals surface area contributed by atoms with Crippen LogP contribution in [0.25, 0.3) is 0 Å². The average molecular weight is 324 g/mol. The van der Waals surface area contributed by atoms with E-state index in [4.69, 9.17) is 9.26 Å². The van der Waals surface area contributed by atoms with Crippen LogP contribution < -0.4 is 16.0 Å². The van der Waals surface area contributed by atoms with Gasteiger partial charge in [0.1, 0.15) is 11.8 Å². The van der Waals surface area contributed by atoms with Crippen LogP contribution in [-0.4, -0.2) is 41.1 Å². The number of carbonyl (C=O) groups excluding carboxylic acids is 4. The number of imide groups is 1. The molecule has 0 radical (unpaired) electrons. The van der Waals surface area contributed by atoms with Gasteiger partial charge in [-0.05, 0) is 20.3 Å². The van der Waals surface area contributed by atoms with Crippen LogP contribution in [0.1, 0.15) is 25.5 Å². The molecule has 1 aliphatic heterocycles. The molecule has 1 aliphatic rings. The molecule has 0 bridgehead atoms. The van der Waals surface area contributed by atoms with Crippen molar-refractivity contribution >= 4 is 29.6 Å². The van der Waals surface area contributed by atoms with Crippen molar-refractivity contribution in [3.63, 3.8) is 0 Å². The number of nitrogens with one attached hydrogen (secondary N) is 3. The number of aryl methyl sites for hydroxylation is 1. The predicted molar refractivity (Wildman–Crippen MR) is 75.1 cm³/mol. The zero-order valence-corrected chi connectivity index (χ0v) is 12.5. The smallest absolute Gasteiger partial charge is 0.322 e. The highest BCUT2D eigenvalue weighted by Gasteiger charge is 2.30. The first kappa shape index (κ1) is 16.5. The van der Waals surface area contributed by atoms with Crippen LogP contribution in [-0.2, 0) is 19.1 Å². The number of hydrogen-bond acceptors (Lipinski definition) is 7. The van der Waals surface area contributed by atoms with Gasteiger partial charge in [-0.1, -0.05) is 5.16 Å². The lowest BCUT2D eigenvalue weighted by Gasteiger charge is -2.13. The minimum Gasteiger partial charge on any atom is -0.453 e. The molecule has 10 heteroatoms. The Morgan fingerprint density at radius 3 is 2.78 bits per heavy atom. The van der Waals surface area contributed by atoms with Crippen LogP contribution >= 0.6 is 0 Å². The van der Waals surface area contributed by atoms with Crippen molar-refractivity contribution in [1.82, 2.24) is 15.8 Å². The van der Waals surface area contributed by atoms with Gasteiger partial charge in [0.15, 0.2) is 11.9 Å². The van der Waals surface area contributed by atoms with E-state index in [1.165, 1.54) is 13.0 Å². The van der Waals surface area contributed by atoms with Crippen LogP contribution in [0.2, 0.25) is 0 Å². The third kappa shape index (κ3) is 4.53. The topological polar surface area (TPSA) is 140 Å². The first-order valence-electron chi connectivity index (χ1n) is 6.90. The van der Waals surface area contributed by atoms with Crippen LogP contribution in [0.3, 0.4) is 0 Å². The van der Waals surface area contributed by atoms with Crippen LogP contribution in [0, 0.1) is 6.92 Å². The summed E-state index contributed by atoms with van der Waals surface area (Å²) in [7, 11) is 0. The second-order valence-electron chi connectivity index (χ2n) is 5.00. The normalized spacial score (nSPS) is 18.1. The van der Waals surface area contributed by atoms with Gasteiger partial charge in [0.05, 0.1) is 0 Å². The molecule has 10 nitrogen and oxygen atoms in total. The molecule has 2 rings (SSSR count). The molecule has 124 valence electrons. The monoisotopic (exact) mass is 324 g/mol. The molecule has 4 amide bonds. The van der Waals surface area contributed by atoms with Crippen molar-refractivity contribution < 1.29 is 28.4 Å². The number of hydrogen-bond donors (Lipinski definition) is 3. The zero-order chi connectivity index (χ0) is 17.0. The lowest BCUT2D eigenvalue weighted by Crippen LogP contribution is -2.32. The number of amides is 4. The molecule has 3 N–H and O–H groups in total. The lowest BCUT2D eigenvalue weighted by atomic mass is 10.1. The summed E-state index contributed by atoms with van der Waals surface area (Å²) in [6.07, 6.45) is -1.06. The van der Waals surface area contributed by atoms with Crippen LogP contribution in [0.15, 0.2) is 10.6 Å². The van der Waals surface area contributed by atoms with Gasteiger partial charge in [0, 0.05) is 12.5 Å². The molecule has 0 aromatic carbocycles. The molecule has 2 heterocycles. The van der Waals surface area contributed by atoms with E-state index in [0.29, 0.717) is 5.76 Å². The highest BCUT2D eigenvalue weighted by atomic mass is 16.5. The molecule has 2 atom stereocenters. The second kappa shape index (κ2) is 6.90. The fourth-order valence-electron chi connectivity index (χ4n) is 1.89. The van der Waals surface area contributed by atoms with Crippen molar-refractivity contribution in [2.45, 2.75) is 38.8 Å². The third-order valence-corrected chi connectivity index (χ3v) is 3.05. The Bertz CT molecular complexity index is 640. The number of rotatable bonds is 6. The van der Waals surface area contributed by atoms with E-state index >= 15 is 0 Å². The minimum atomic E-state index is -1.04. The zero-order valence-electron chi connectivity index (χ0n) is 12.5. The Morgan fingerprint density at radius 1 is 1.48 bits per heavy atom. The Hall–Kier alpha value is -2.91. The van der Waals surface area contributed by atoms with Gasteiger partial charge < -0.3 is 19.9 Å². The highest BCUT2D eigenvalue weighted by molar-refractivity contribution is 6.04. The summed E-state index contributed by atoms with van der Waals surface area (Å²) in [4.78, 5) is 45.7. The van der Waals surface area contributed by atoms with Crippen LogP contribution in [0.5, 0.6) is 0 Å². The highest BCUT2D eigenvalue weighted by Crippen LogP contribution is 2.09. The minimum absolute atomic E-state index is 0.0905. The molecule has 0 unspecified atom stereocenters. The largest absolute Gasteiger partial charge is 0.453 e. The fraction of sp³-hybridized carbons (Fsp3) is 0.462. The Kier molecular flexibility index (Phi) is 4.94. The number of aromatic nitrogens is 1. The number of carbonyl (C=O) groups is 4. The molecular weight excluding hydrogens is 308 g/mol. The number of nitrogens with zero attached hydrogens (tertiary/aromatic N) is 1. The van der Waals surface area contributed by atoms with E-state index in [1.807, 2.05) is 0 Å². The predicted octanol–water partition coefficient (Wildman–Crippen LogP) is -0.159. The number of urea groups is 1. The van der Waals surface area contributed by atoms with E-state index in [0.717, 1.165) is 0 Å². The van der Waals surface area contributed by atoms with Gasteiger partial charge in [-0.15, -0.1) is 0 Å². The van der Waals surface area contributed by atoms with Crippen LogP contribution in [0.4, 0.5) is 10.6 Å². The summed E-state index contributed by atoms with van der Waals surface area (Å²) in [5, 5.41) is 10.4. The van der Waals surface area contributed by atoms with Gasteiger partial charge in [-0.3, -0.25) is 19.7 Å².